The molecule has 3 rings (SSSR count). The summed E-state index contributed by atoms with van der Waals surface area (Å²) in [5.74, 6) is -1.28. The summed E-state index contributed by atoms with van der Waals surface area (Å²) in [5, 5.41) is 13.1. The Morgan fingerprint density at radius 1 is 0.938 bits per heavy atom. The van der Waals surface area contributed by atoms with Crippen LogP contribution in [-0.2, 0) is 16.6 Å². The number of amides is 3. The molecule has 1 aliphatic heterocycles. The molecule has 2 aromatic rings. The number of nitrogens with zero attached hydrogens (tertiary/aromatic N) is 2. The lowest BCUT2D eigenvalue weighted by atomic mass is 9.91. The van der Waals surface area contributed by atoms with Crippen LogP contribution in [0.3, 0.4) is 0 Å². The molecule has 1 fully saturated rings. The maximum atomic E-state index is 14.7. The average Bonchev–Trinajstić information content (AvgIpc) is 2.98. The van der Waals surface area contributed by atoms with Gasteiger partial charge in [-0.1, -0.05) is 52.0 Å². The van der Waals surface area contributed by atoms with Crippen LogP contribution in [0.5, 0.6) is 0 Å². The number of hydrogen-bond acceptors (Lipinski definition) is 5. The van der Waals surface area contributed by atoms with E-state index in [4.69, 9.17) is 4.43 Å². The van der Waals surface area contributed by atoms with Gasteiger partial charge in [0.25, 0.3) is 11.5 Å². The Balaban J connectivity index is 1.68. The number of halogens is 7. The van der Waals surface area contributed by atoms with Crippen molar-refractivity contribution in [3.63, 3.8) is 0 Å². The zero-order valence-corrected chi connectivity index (χ0v) is 28.8. The van der Waals surface area contributed by atoms with Gasteiger partial charge in [-0.05, 0) is 48.3 Å². The molecule has 16 heteroatoms. The van der Waals surface area contributed by atoms with Gasteiger partial charge in [-0.3, -0.25) is 9.69 Å². The van der Waals surface area contributed by atoms with Crippen molar-refractivity contribution in [2.24, 2.45) is 0 Å². The molecule has 1 atom stereocenters. The highest BCUT2D eigenvalue weighted by atomic mass is 28.4. The molecule has 48 heavy (non-hydrogen) atoms. The van der Waals surface area contributed by atoms with E-state index in [1.807, 2.05) is 4.90 Å². The molecule has 0 saturated carbocycles. The Hall–Kier alpha value is -3.21. The van der Waals surface area contributed by atoms with Crippen LogP contribution < -0.4 is 10.6 Å². The Morgan fingerprint density at radius 3 is 1.96 bits per heavy atom. The quantitative estimate of drug-likeness (QED) is 0.182. The van der Waals surface area contributed by atoms with Crippen LogP contribution in [0.4, 0.5) is 41.2 Å². The van der Waals surface area contributed by atoms with Gasteiger partial charge >= 0.3 is 18.4 Å². The standard InChI is InChI=1S/C32H43F7N4O4Si/c1-7-24(20-44)40-28(46)41-26-13-10-22(18-25(26)33)27(45)43-16-14-42(15-17-43)19-21-8-11-23(12-9-21)30(31(34,35)36,32(37,38)39)47-48(5,6)29(2,3)4/h8-13,18,24,44H,7,14-17,19-20H2,1-6H3,(H2,40,41,46)/t24-/m0/s1. The van der Waals surface area contributed by atoms with Crippen molar-refractivity contribution in [3.8, 4) is 0 Å². The summed E-state index contributed by atoms with van der Waals surface area (Å²) in [7, 11) is -3.58. The van der Waals surface area contributed by atoms with E-state index in [0.717, 1.165) is 18.2 Å². The smallest absolute Gasteiger partial charge is 0.394 e. The Labute approximate surface area is 276 Å². The van der Waals surface area contributed by atoms with Crippen molar-refractivity contribution in [3.05, 3.63) is 65.0 Å². The largest absolute Gasteiger partial charge is 0.429 e. The summed E-state index contributed by atoms with van der Waals surface area (Å²) in [6.45, 7) is 10.2. The van der Waals surface area contributed by atoms with Gasteiger partial charge in [0, 0.05) is 43.9 Å². The number of carbonyl (C=O) groups is 2. The third-order valence-corrected chi connectivity index (χ3v) is 13.4. The molecule has 0 unspecified atom stereocenters. The lowest BCUT2D eigenvalue weighted by Gasteiger charge is -2.46. The van der Waals surface area contributed by atoms with Crippen molar-refractivity contribution in [1.82, 2.24) is 15.1 Å². The van der Waals surface area contributed by atoms with Crippen molar-refractivity contribution < 1.29 is 49.9 Å². The first-order chi connectivity index (χ1) is 22.1. The fourth-order valence-corrected chi connectivity index (χ4v) is 6.38. The maximum absolute atomic E-state index is 14.7. The monoisotopic (exact) mass is 708 g/mol. The first-order valence-corrected chi connectivity index (χ1v) is 18.4. The Morgan fingerprint density at radius 2 is 1.50 bits per heavy atom. The van der Waals surface area contributed by atoms with Crippen LogP contribution in [-0.4, -0.2) is 86.3 Å². The van der Waals surface area contributed by atoms with E-state index >= 15 is 0 Å². The number of urea groups is 1. The molecule has 3 amide bonds. The lowest BCUT2D eigenvalue weighted by Crippen LogP contribution is -2.62. The fraction of sp³-hybridized carbons (Fsp3) is 0.562. The van der Waals surface area contributed by atoms with Gasteiger partial charge in [0.2, 0.25) is 0 Å². The van der Waals surface area contributed by atoms with Gasteiger partial charge in [-0.25, -0.2) is 9.18 Å². The highest BCUT2D eigenvalue weighted by Gasteiger charge is 2.75. The van der Waals surface area contributed by atoms with Gasteiger partial charge in [0.05, 0.1) is 18.3 Å². The summed E-state index contributed by atoms with van der Waals surface area (Å²) in [4.78, 5) is 28.5. The van der Waals surface area contributed by atoms with Crippen molar-refractivity contribution in [1.29, 1.82) is 0 Å². The highest BCUT2D eigenvalue weighted by Crippen LogP contribution is 2.56. The second kappa shape index (κ2) is 14.7. The number of aliphatic hydroxyl groups excluding tert-OH is 1. The molecule has 0 spiro atoms. The molecule has 8 nitrogen and oxygen atoms in total. The molecule has 0 radical (unpaired) electrons. The Kier molecular flexibility index (Phi) is 12.0. The fourth-order valence-electron chi connectivity index (χ4n) is 4.96. The van der Waals surface area contributed by atoms with Crippen molar-refractivity contribution in [2.75, 3.05) is 38.1 Å². The third kappa shape index (κ3) is 8.68. The number of benzene rings is 2. The Bertz CT molecular complexity index is 1400. The molecule has 0 aromatic heterocycles. The second-order valence-corrected chi connectivity index (χ2v) is 18.1. The zero-order valence-electron chi connectivity index (χ0n) is 27.8. The zero-order chi connectivity index (χ0) is 36.3. The van der Waals surface area contributed by atoms with E-state index in [0.29, 0.717) is 25.1 Å². The molecule has 1 heterocycles. The molecule has 2 aromatic carbocycles. The van der Waals surface area contributed by atoms with Crippen LogP contribution in [0.2, 0.25) is 18.1 Å². The van der Waals surface area contributed by atoms with E-state index < -0.39 is 60.7 Å². The number of piperazine rings is 1. The molecule has 1 saturated heterocycles. The minimum Gasteiger partial charge on any atom is -0.394 e. The predicted octanol–water partition coefficient (Wildman–Crippen LogP) is 7.02. The van der Waals surface area contributed by atoms with Crippen molar-refractivity contribution >= 4 is 25.9 Å². The number of carbonyl (C=O) groups excluding carboxylic acids is 2. The predicted molar refractivity (Wildman–Crippen MR) is 169 cm³/mol. The number of alkyl halides is 6. The van der Waals surface area contributed by atoms with E-state index in [2.05, 4.69) is 10.6 Å². The molecule has 1 aliphatic rings. The molecule has 3 N–H and O–H groups in total. The minimum atomic E-state index is -5.78. The molecule has 0 aliphatic carbocycles. The lowest BCUT2D eigenvalue weighted by molar-refractivity contribution is -0.369. The van der Waals surface area contributed by atoms with Gasteiger partial charge in [-0.2, -0.15) is 26.3 Å². The number of anilines is 1. The number of rotatable bonds is 10. The normalized spacial score (nSPS) is 16.1. The van der Waals surface area contributed by atoms with Gasteiger partial charge in [0.1, 0.15) is 5.82 Å². The maximum Gasteiger partial charge on any atom is 0.429 e. The van der Waals surface area contributed by atoms with Crippen LogP contribution in [0.25, 0.3) is 0 Å². The number of nitrogens with one attached hydrogen (secondary N) is 2. The minimum absolute atomic E-state index is 0.0574. The summed E-state index contributed by atoms with van der Waals surface area (Å²) in [6, 6.07) is 6.50. The average molecular weight is 709 g/mol. The van der Waals surface area contributed by atoms with Crippen LogP contribution in [0.1, 0.15) is 55.6 Å². The van der Waals surface area contributed by atoms with Gasteiger partial charge in [-0.15, -0.1) is 0 Å². The van der Waals surface area contributed by atoms with Gasteiger partial charge < -0.3 is 25.1 Å². The van der Waals surface area contributed by atoms with E-state index in [9.17, 15) is 45.4 Å². The van der Waals surface area contributed by atoms with Gasteiger partial charge in [0.15, 0.2) is 8.32 Å². The number of hydrogen-bond donors (Lipinski definition) is 3. The molecular formula is C32H43F7N4O4Si. The second-order valence-electron chi connectivity index (χ2n) is 13.4. The SMILES string of the molecule is CC[C@@H](CO)NC(=O)Nc1ccc(C(=O)N2CCN(Cc3ccc(C(O[Si](C)(C)C(C)(C)C)(C(F)(F)F)C(F)(F)F)cc3)CC2)cc1F. The summed E-state index contributed by atoms with van der Waals surface area (Å²) in [6.07, 6.45) is -11.1. The van der Waals surface area contributed by atoms with E-state index in [1.54, 1.807) is 27.7 Å². The molecule has 0 bridgehead atoms. The molecular weight excluding hydrogens is 665 g/mol. The van der Waals surface area contributed by atoms with Crippen LogP contribution in [0, 0.1) is 5.82 Å². The summed E-state index contributed by atoms with van der Waals surface area (Å²) in [5.41, 5.74) is -5.16. The first kappa shape index (κ1) is 39.2. The first-order valence-electron chi connectivity index (χ1n) is 15.5. The topological polar surface area (TPSA) is 94.1 Å². The van der Waals surface area contributed by atoms with E-state index in [1.165, 1.54) is 42.3 Å². The van der Waals surface area contributed by atoms with E-state index in [-0.39, 0.29) is 37.5 Å². The van der Waals surface area contributed by atoms with Crippen LogP contribution in [0.15, 0.2) is 42.5 Å². The summed E-state index contributed by atoms with van der Waals surface area (Å²) < 4.78 is 106. The van der Waals surface area contributed by atoms with Crippen LogP contribution >= 0.6 is 0 Å². The highest BCUT2D eigenvalue weighted by molar-refractivity contribution is 6.74. The molecule has 268 valence electrons. The number of aliphatic hydroxyl groups is 1. The van der Waals surface area contributed by atoms with Crippen molar-refractivity contribution in [2.45, 2.75) is 82.8 Å². The summed E-state index contributed by atoms with van der Waals surface area (Å²) >= 11 is 0. The third-order valence-electron chi connectivity index (χ3n) is 8.95.